The Morgan fingerprint density at radius 2 is 1.94 bits per heavy atom. The van der Waals surface area contributed by atoms with Gasteiger partial charge in [-0.15, -0.1) is 0 Å². The third-order valence-corrected chi connectivity index (χ3v) is 3.22. The van der Waals surface area contributed by atoms with E-state index in [2.05, 4.69) is 9.97 Å². The molecule has 3 aromatic rings. The van der Waals surface area contributed by atoms with Crippen LogP contribution in [-0.4, -0.2) is 9.97 Å². The number of nitrogens with zero attached hydrogens (tertiary/aromatic N) is 1. The molecule has 0 radical (unpaired) electrons. The molecule has 0 saturated heterocycles. The second kappa shape index (κ2) is 4.06. The largest absolute Gasteiger partial charge is 0.346 e. The number of aromatic amines is 1. The molecule has 0 amide bonds. The first kappa shape index (κ1) is 10.6. The van der Waals surface area contributed by atoms with Crippen molar-refractivity contribution in [2.24, 2.45) is 0 Å². The van der Waals surface area contributed by atoms with Crippen molar-refractivity contribution >= 4 is 34.2 Å². The van der Waals surface area contributed by atoms with Gasteiger partial charge in [-0.2, -0.15) is 0 Å². The van der Waals surface area contributed by atoms with E-state index in [-0.39, 0.29) is 0 Å². The van der Waals surface area contributed by atoms with Crippen molar-refractivity contribution < 1.29 is 0 Å². The monoisotopic (exact) mass is 262 g/mol. The van der Waals surface area contributed by atoms with Crippen molar-refractivity contribution in [3.05, 3.63) is 52.8 Å². The van der Waals surface area contributed by atoms with Gasteiger partial charge in [0.2, 0.25) is 0 Å². The molecule has 2 aromatic heterocycles. The Hall–Kier alpha value is -1.51. The minimum absolute atomic E-state index is 0.636. The molecule has 4 heteroatoms. The maximum atomic E-state index is 6.20. The summed E-state index contributed by atoms with van der Waals surface area (Å²) in [7, 11) is 0. The van der Waals surface area contributed by atoms with Gasteiger partial charge in [-0.3, -0.25) is 0 Å². The number of hydrogen-bond donors (Lipinski definition) is 1. The molecule has 0 fully saturated rings. The maximum Gasteiger partial charge on any atom is 0.137 e. The van der Waals surface area contributed by atoms with Gasteiger partial charge in [-0.25, -0.2) is 4.98 Å². The number of rotatable bonds is 1. The molecule has 0 aliphatic carbocycles. The summed E-state index contributed by atoms with van der Waals surface area (Å²) in [5.41, 5.74) is 2.85. The summed E-state index contributed by atoms with van der Waals surface area (Å²) < 4.78 is 0. The summed E-state index contributed by atoms with van der Waals surface area (Å²) in [6.45, 7) is 0. The predicted octanol–water partition coefficient (Wildman–Crippen LogP) is 4.54. The van der Waals surface area contributed by atoms with Crippen LogP contribution in [0.1, 0.15) is 0 Å². The lowest BCUT2D eigenvalue weighted by Crippen LogP contribution is -1.78. The van der Waals surface area contributed by atoms with Crippen molar-refractivity contribution in [2.75, 3.05) is 0 Å². The van der Waals surface area contributed by atoms with E-state index in [0.29, 0.717) is 10.0 Å². The molecule has 0 spiro atoms. The van der Waals surface area contributed by atoms with Crippen LogP contribution in [0.2, 0.25) is 10.0 Å². The van der Waals surface area contributed by atoms with Gasteiger partial charge in [0.05, 0.1) is 0 Å². The zero-order chi connectivity index (χ0) is 11.8. The SMILES string of the molecule is Clc1ccc(-c2c[nH]c3ncccc23)c(Cl)c1. The maximum absolute atomic E-state index is 6.20. The number of H-pyrrole nitrogens is 1. The fraction of sp³-hybridized carbons (Fsp3) is 0. The molecule has 1 N–H and O–H groups in total. The summed E-state index contributed by atoms with van der Waals surface area (Å²) in [5.74, 6) is 0. The van der Waals surface area contributed by atoms with E-state index in [4.69, 9.17) is 23.2 Å². The molecular weight excluding hydrogens is 255 g/mol. The van der Waals surface area contributed by atoms with E-state index in [1.54, 1.807) is 12.3 Å². The Labute approximate surface area is 108 Å². The lowest BCUT2D eigenvalue weighted by Gasteiger charge is -2.03. The molecule has 2 nitrogen and oxygen atoms in total. The van der Waals surface area contributed by atoms with E-state index < -0.39 is 0 Å². The Morgan fingerprint density at radius 3 is 2.76 bits per heavy atom. The Morgan fingerprint density at radius 1 is 1.06 bits per heavy atom. The van der Waals surface area contributed by atoms with Crippen LogP contribution in [0.3, 0.4) is 0 Å². The smallest absolute Gasteiger partial charge is 0.137 e. The first-order valence-electron chi connectivity index (χ1n) is 5.13. The van der Waals surface area contributed by atoms with E-state index >= 15 is 0 Å². The Balaban J connectivity index is 2.27. The summed E-state index contributed by atoms with van der Waals surface area (Å²) >= 11 is 12.1. The summed E-state index contributed by atoms with van der Waals surface area (Å²) in [5, 5.41) is 2.33. The van der Waals surface area contributed by atoms with Crippen LogP contribution in [0, 0.1) is 0 Å². The summed E-state index contributed by atoms with van der Waals surface area (Å²) in [6.07, 6.45) is 3.67. The highest BCUT2D eigenvalue weighted by Gasteiger charge is 2.09. The number of fused-ring (bicyclic) bond motifs is 1. The van der Waals surface area contributed by atoms with Gasteiger partial charge < -0.3 is 4.98 Å². The molecule has 2 heterocycles. The standard InChI is InChI=1S/C13H8Cl2N2/c14-8-3-4-9(12(15)6-8)11-7-17-13-10(11)2-1-5-16-13/h1-7H,(H,16,17). The zero-order valence-electron chi connectivity index (χ0n) is 8.74. The number of pyridine rings is 1. The second-order valence-electron chi connectivity index (χ2n) is 3.73. The first-order valence-corrected chi connectivity index (χ1v) is 5.89. The van der Waals surface area contributed by atoms with Crippen molar-refractivity contribution in [1.82, 2.24) is 9.97 Å². The summed E-state index contributed by atoms with van der Waals surface area (Å²) in [6, 6.07) is 9.41. The normalized spacial score (nSPS) is 10.9. The average molecular weight is 263 g/mol. The molecule has 84 valence electrons. The molecule has 0 aliphatic rings. The van der Waals surface area contributed by atoms with Crippen LogP contribution >= 0.6 is 23.2 Å². The minimum Gasteiger partial charge on any atom is -0.346 e. The summed E-state index contributed by atoms with van der Waals surface area (Å²) in [4.78, 5) is 7.38. The lowest BCUT2D eigenvalue weighted by atomic mass is 10.1. The Bertz CT molecular complexity index is 689. The molecule has 17 heavy (non-hydrogen) atoms. The first-order chi connectivity index (χ1) is 8.25. The zero-order valence-corrected chi connectivity index (χ0v) is 10.3. The van der Waals surface area contributed by atoms with Crippen LogP contribution in [0.15, 0.2) is 42.7 Å². The van der Waals surface area contributed by atoms with Gasteiger partial charge in [0.15, 0.2) is 0 Å². The number of hydrogen-bond acceptors (Lipinski definition) is 1. The van der Waals surface area contributed by atoms with Crippen molar-refractivity contribution in [3.63, 3.8) is 0 Å². The fourth-order valence-corrected chi connectivity index (χ4v) is 2.40. The van der Waals surface area contributed by atoms with E-state index in [0.717, 1.165) is 22.2 Å². The van der Waals surface area contributed by atoms with Crippen LogP contribution in [-0.2, 0) is 0 Å². The van der Waals surface area contributed by atoms with Crippen LogP contribution < -0.4 is 0 Å². The highest BCUT2D eigenvalue weighted by Crippen LogP contribution is 2.34. The molecule has 0 bridgehead atoms. The van der Waals surface area contributed by atoms with Gasteiger partial charge in [0, 0.05) is 39.0 Å². The fourth-order valence-electron chi connectivity index (χ4n) is 1.89. The number of benzene rings is 1. The third kappa shape index (κ3) is 1.79. The van der Waals surface area contributed by atoms with Crippen molar-refractivity contribution in [1.29, 1.82) is 0 Å². The van der Waals surface area contributed by atoms with Crippen LogP contribution in [0.25, 0.3) is 22.2 Å². The molecule has 3 rings (SSSR count). The van der Waals surface area contributed by atoms with Crippen LogP contribution in [0.4, 0.5) is 0 Å². The van der Waals surface area contributed by atoms with Crippen molar-refractivity contribution in [3.8, 4) is 11.1 Å². The second-order valence-corrected chi connectivity index (χ2v) is 4.57. The Kier molecular flexibility index (Phi) is 2.54. The number of nitrogens with one attached hydrogen (secondary N) is 1. The molecule has 1 aromatic carbocycles. The number of halogens is 2. The van der Waals surface area contributed by atoms with Gasteiger partial charge in [-0.05, 0) is 24.3 Å². The molecule has 0 atom stereocenters. The highest BCUT2D eigenvalue weighted by molar-refractivity contribution is 6.36. The minimum atomic E-state index is 0.636. The van der Waals surface area contributed by atoms with Gasteiger partial charge in [0.1, 0.15) is 5.65 Å². The van der Waals surface area contributed by atoms with Gasteiger partial charge in [0.25, 0.3) is 0 Å². The average Bonchev–Trinajstić information content (AvgIpc) is 2.73. The van der Waals surface area contributed by atoms with Crippen molar-refractivity contribution in [2.45, 2.75) is 0 Å². The van der Waals surface area contributed by atoms with E-state index in [1.807, 2.05) is 30.5 Å². The quantitative estimate of drug-likeness (QED) is 0.686. The van der Waals surface area contributed by atoms with E-state index in [1.165, 1.54) is 0 Å². The number of aromatic nitrogens is 2. The predicted molar refractivity (Wildman–Crippen MR) is 71.5 cm³/mol. The third-order valence-electron chi connectivity index (χ3n) is 2.67. The lowest BCUT2D eigenvalue weighted by molar-refractivity contribution is 1.33. The van der Waals surface area contributed by atoms with Gasteiger partial charge >= 0.3 is 0 Å². The molecule has 0 unspecified atom stereocenters. The van der Waals surface area contributed by atoms with Crippen LogP contribution in [0.5, 0.6) is 0 Å². The molecule has 0 saturated carbocycles. The molecule has 0 aliphatic heterocycles. The molecular formula is C13H8Cl2N2. The topological polar surface area (TPSA) is 28.7 Å². The van der Waals surface area contributed by atoms with E-state index in [9.17, 15) is 0 Å². The van der Waals surface area contributed by atoms with Gasteiger partial charge in [-0.1, -0.05) is 29.3 Å². The highest BCUT2D eigenvalue weighted by atomic mass is 35.5.